The van der Waals surface area contributed by atoms with Crippen molar-refractivity contribution in [2.45, 2.75) is 56.5 Å². The van der Waals surface area contributed by atoms with Gasteiger partial charge in [0.05, 0.1) is 4.90 Å². The molecule has 1 saturated carbocycles. The number of fused-ring (bicyclic) bond motifs is 1. The van der Waals surface area contributed by atoms with Crippen LogP contribution in [0.15, 0.2) is 23.1 Å². The Hall–Kier alpha value is -0.910. The number of nitrogens with one attached hydrogen (secondary N) is 1. The molecule has 0 amide bonds. The molecule has 4 rings (SSSR count). The smallest absolute Gasteiger partial charge is 0.243 e. The predicted molar refractivity (Wildman–Crippen MR) is 86.1 cm³/mol. The van der Waals surface area contributed by atoms with E-state index in [9.17, 15) is 8.42 Å². The highest BCUT2D eigenvalue weighted by Crippen LogP contribution is 2.51. The molecule has 1 atom stereocenters. The first-order valence-electron chi connectivity index (χ1n) is 8.35. The molecule has 2 fully saturated rings. The van der Waals surface area contributed by atoms with Gasteiger partial charge < -0.3 is 5.32 Å². The Morgan fingerprint density at radius 1 is 1.27 bits per heavy atom. The number of hydrogen-bond donors (Lipinski definition) is 1. The summed E-state index contributed by atoms with van der Waals surface area (Å²) in [5.74, 6) is 0. The van der Waals surface area contributed by atoms with E-state index in [4.69, 9.17) is 0 Å². The third-order valence-corrected chi connectivity index (χ3v) is 7.75. The van der Waals surface area contributed by atoms with E-state index in [1.54, 1.807) is 10.4 Å². The molecule has 0 aromatic heterocycles. The van der Waals surface area contributed by atoms with Crippen molar-refractivity contribution < 1.29 is 8.42 Å². The van der Waals surface area contributed by atoms with Crippen LogP contribution in [-0.4, -0.2) is 31.9 Å². The molecule has 1 saturated heterocycles. The van der Waals surface area contributed by atoms with E-state index in [0.29, 0.717) is 11.4 Å². The highest BCUT2D eigenvalue weighted by molar-refractivity contribution is 7.89. The summed E-state index contributed by atoms with van der Waals surface area (Å²) in [5, 5.41) is 3.32. The SMILES string of the molecule is CC1CC2(CCC2)CN1S(=O)(=O)c1ccc2c(c1)CNCC2. The van der Waals surface area contributed by atoms with Crippen molar-refractivity contribution in [2.24, 2.45) is 5.41 Å². The van der Waals surface area contributed by atoms with Gasteiger partial charge in [0.15, 0.2) is 0 Å². The third kappa shape index (κ3) is 2.22. The van der Waals surface area contributed by atoms with E-state index in [1.165, 1.54) is 24.8 Å². The van der Waals surface area contributed by atoms with Crippen LogP contribution in [-0.2, 0) is 23.0 Å². The van der Waals surface area contributed by atoms with Crippen LogP contribution in [0.25, 0.3) is 0 Å². The van der Waals surface area contributed by atoms with Gasteiger partial charge in [-0.1, -0.05) is 12.5 Å². The fraction of sp³-hybridized carbons (Fsp3) is 0.647. The molecule has 0 bridgehead atoms. The molecule has 2 aliphatic heterocycles. The third-order valence-electron chi connectivity index (χ3n) is 5.80. The standard InChI is InChI=1S/C17H24N2O2S/c1-13-10-17(6-2-7-17)12-19(13)22(20,21)16-4-3-14-5-8-18-11-15(14)9-16/h3-4,9,13,18H,2,5-8,10-12H2,1H3. The predicted octanol–water partition coefficient (Wildman–Crippen LogP) is 2.29. The van der Waals surface area contributed by atoms with Gasteiger partial charge in [-0.3, -0.25) is 0 Å². The quantitative estimate of drug-likeness (QED) is 0.909. The van der Waals surface area contributed by atoms with Crippen LogP contribution in [0.5, 0.6) is 0 Å². The highest BCUT2D eigenvalue weighted by Gasteiger charge is 2.49. The van der Waals surface area contributed by atoms with Crippen LogP contribution in [0, 0.1) is 5.41 Å². The zero-order valence-corrected chi connectivity index (χ0v) is 14.0. The Balaban J connectivity index is 1.66. The zero-order chi connectivity index (χ0) is 15.4. The minimum Gasteiger partial charge on any atom is -0.312 e. The maximum atomic E-state index is 13.1. The van der Waals surface area contributed by atoms with E-state index < -0.39 is 10.0 Å². The van der Waals surface area contributed by atoms with Crippen molar-refractivity contribution in [1.82, 2.24) is 9.62 Å². The summed E-state index contributed by atoms with van der Waals surface area (Å²) in [7, 11) is -3.36. The number of hydrogen-bond acceptors (Lipinski definition) is 3. The maximum Gasteiger partial charge on any atom is 0.243 e. The van der Waals surface area contributed by atoms with E-state index >= 15 is 0 Å². The first kappa shape index (κ1) is 14.7. The van der Waals surface area contributed by atoms with Gasteiger partial charge in [0.25, 0.3) is 0 Å². The van der Waals surface area contributed by atoms with Crippen LogP contribution in [0.2, 0.25) is 0 Å². The summed E-state index contributed by atoms with van der Waals surface area (Å²) in [4.78, 5) is 0.471. The number of rotatable bonds is 2. The van der Waals surface area contributed by atoms with Gasteiger partial charge in [0, 0.05) is 19.1 Å². The molecule has 3 aliphatic rings. The van der Waals surface area contributed by atoms with Gasteiger partial charge in [0.1, 0.15) is 0 Å². The second kappa shape index (κ2) is 5.05. The fourth-order valence-corrected chi connectivity index (χ4v) is 6.19. The second-order valence-corrected chi connectivity index (χ2v) is 9.20. The molecule has 4 nitrogen and oxygen atoms in total. The molecule has 1 aromatic rings. The summed E-state index contributed by atoms with van der Waals surface area (Å²) >= 11 is 0. The first-order chi connectivity index (χ1) is 10.5. The minimum atomic E-state index is -3.36. The lowest BCUT2D eigenvalue weighted by atomic mass is 9.68. The van der Waals surface area contributed by atoms with Gasteiger partial charge in [-0.05, 0) is 67.8 Å². The van der Waals surface area contributed by atoms with Crippen LogP contribution < -0.4 is 5.32 Å². The molecule has 1 N–H and O–H groups in total. The van der Waals surface area contributed by atoms with Gasteiger partial charge >= 0.3 is 0 Å². The highest BCUT2D eigenvalue weighted by atomic mass is 32.2. The number of benzene rings is 1. The molecule has 5 heteroatoms. The largest absolute Gasteiger partial charge is 0.312 e. The van der Waals surface area contributed by atoms with Gasteiger partial charge in [-0.15, -0.1) is 0 Å². The molecule has 2 heterocycles. The van der Waals surface area contributed by atoms with Crippen molar-refractivity contribution in [2.75, 3.05) is 13.1 Å². The molecule has 1 aromatic carbocycles. The molecule has 1 aliphatic carbocycles. The number of nitrogens with zero attached hydrogens (tertiary/aromatic N) is 1. The Morgan fingerprint density at radius 2 is 2.09 bits per heavy atom. The van der Waals surface area contributed by atoms with Crippen LogP contribution in [0.3, 0.4) is 0 Å². The topological polar surface area (TPSA) is 49.4 Å². The molecule has 0 radical (unpaired) electrons. The van der Waals surface area contributed by atoms with Crippen LogP contribution in [0.4, 0.5) is 0 Å². The van der Waals surface area contributed by atoms with Crippen molar-refractivity contribution >= 4 is 10.0 Å². The monoisotopic (exact) mass is 320 g/mol. The van der Waals surface area contributed by atoms with E-state index in [0.717, 1.165) is 31.5 Å². The Morgan fingerprint density at radius 3 is 2.77 bits per heavy atom. The zero-order valence-electron chi connectivity index (χ0n) is 13.1. The fourth-order valence-electron chi connectivity index (χ4n) is 4.39. The average molecular weight is 320 g/mol. The summed E-state index contributed by atoms with van der Waals surface area (Å²) in [6, 6.07) is 5.82. The molecule has 1 spiro atoms. The van der Waals surface area contributed by atoms with Gasteiger partial charge in [-0.25, -0.2) is 8.42 Å². The molecule has 1 unspecified atom stereocenters. The van der Waals surface area contributed by atoms with Crippen molar-refractivity contribution in [3.05, 3.63) is 29.3 Å². The summed E-state index contributed by atoms with van der Waals surface area (Å²) in [6.45, 7) is 4.53. The Bertz CT molecular complexity index is 695. The average Bonchev–Trinajstić information content (AvgIpc) is 2.85. The van der Waals surface area contributed by atoms with Crippen LogP contribution in [0.1, 0.15) is 43.7 Å². The Labute approximate surface area is 132 Å². The number of sulfonamides is 1. The van der Waals surface area contributed by atoms with E-state index in [1.807, 2.05) is 12.1 Å². The normalized spacial score (nSPS) is 27.6. The first-order valence-corrected chi connectivity index (χ1v) is 9.79. The summed E-state index contributed by atoms with van der Waals surface area (Å²) in [5.41, 5.74) is 2.70. The van der Waals surface area contributed by atoms with Crippen molar-refractivity contribution in [3.63, 3.8) is 0 Å². The minimum absolute atomic E-state index is 0.124. The van der Waals surface area contributed by atoms with Crippen LogP contribution >= 0.6 is 0 Å². The molecular formula is C17H24N2O2S. The van der Waals surface area contributed by atoms with Crippen molar-refractivity contribution in [1.29, 1.82) is 0 Å². The lowest BCUT2D eigenvalue weighted by Gasteiger charge is -2.38. The second-order valence-electron chi connectivity index (χ2n) is 7.31. The lowest BCUT2D eigenvalue weighted by molar-refractivity contribution is 0.152. The van der Waals surface area contributed by atoms with Crippen molar-refractivity contribution in [3.8, 4) is 0 Å². The van der Waals surface area contributed by atoms with Gasteiger partial charge in [0.2, 0.25) is 10.0 Å². The van der Waals surface area contributed by atoms with E-state index in [-0.39, 0.29) is 11.5 Å². The summed E-state index contributed by atoms with van der Waals surface area (Å²) in [6.07, 6.45) is 5.65. The summed E-state index contributed by atoms with van der Waals surface area (Å²) < 4.78 is 27.9. The van der Waals surface area contributed by atoms with Gasteiger partial charge in [-0.2, -0.15) is 4.31 Å². The van der Waals surface area contributed by atoms with E-state index in [2.05, 4.69) is 12.2 Å². The lowest BCUT2D eigenvalue weighted by Crippen LogP contribution is -2.37. The Kier molecular flexibility index (Phi) is 3.36. The molecule has 120 valence electrons. The molecular weight excluding hydrogens is 296 g/mol. The molecule has 22 heavy (non-hydrogen) atoms. The maximum absolute atomic E-state index is 13.1.